The summed E-state index contributed by atoms with van der Waals surface area (Å²) in [7, 11) is 1.98. The second-order valence-electron chi connectivity index (χ2n) is 5.74. The molecule has 6 heteroatoms. The maximum absolute atomic E-state index is 6.19. The average molecular weight is 348 g/mol. The first-order valence-corrected chi connectivity index (χ1v) is 8.65. The molecule has 24 heavy (non-hydrogen) atoms. The molecule has 2 aromatic rings. The van der Waals surface area contributed by atoms with E-state index in [4.69, 9.17) is 11.6 Å². The van der Waals surface area contributed by atoms with E-state index >= 15 is 0 Å². The molecule has 1 aromatic carbocycles. The second-order valence-corrected chi connectivity index (χ2v) is 6.14. The van der Waals surface area contributed by atoms with Crippen LogP contribution in [0.1, 0.15) is 29.4 Å². The predicted molar refractivity (Wildman–Crippen MR) is 101 cm³/mol. The molecule has 0 aliphatic rings. The van der Waals surface area contributed by atoms with Crippen molar-refractivity contribution in [3.05, 3.63) is 51.8 Å². The molecule has 130 valence electrons. The highest BCUT2D eigenvalue weighted by Gasteiger charge is 2.09. The topological polar surface area (TPSA) is 54.2 Å². The zero-order chi connectivity index (χ0) is 17.5. The average Bonchev–Trinajstić information content (AvgIpc) is 2.80. The number of aliphatic imine (C=N–C) groups is 1. The minimum Gasteiger partial charge on any atom is -0.357 e. The van der Waals surface area contributed by atoms with Crippen molar-refractivity contribution in [2.75, 3.05) is 13.1 Å². The summed E-state index contributed by atoms with van der Waals surface area (Å²) in [6.07, 6.45) is 0.919. The fourth-order valence-corrected chi connectivity index (χ4v) is 2.81. The molecule has 2 rings (SSSR count). The number of aryl methyl sites for hydroxylation is 2. The van der Waals surface area contributed by atoms with Gasteiger partial charge in [0.05, 0.1) is 12.2 Å². The van der Waals surface area contributed by atoms with Crippen LogP contribution in [0.25, 0.3) is 0 Å². The van der Waals surface area contributed by atoms with Gasteiger partial charge in [0.15, 0.2) is 5.96 Å². The number of hydrogen-bond acceptors (Lipinski definition) is 2. The number of halogens is 1. The van der Waals surface area contributed by atoms with Gasteiger partial charge in [0.2, 0.25) is 0 Å². The first kappa shape index (κ1) is 18.3. The summed E-state index contributed by atoms with van der Waals surface area (Å²) in [5.74, 6) is 0.802. The van der Waals surface area contributed by atoms with Crippen LogP contribution >= 0.6 is 11.6 Å². The van der Waals surface area contributed by atoms with Gasteiger partial charge in [-0.1, -0.05) is 29.8 Å². The largest absolute Gasteiger partial charge is 0.357 e. The number of benzene rings is 1. The van der Waals surface area contributed by atoms with Crippen molar-refractivity contribution in [2.24, 2.45) is 12.0 Å². The van der Waals surface area contributed by atoms with Gasteiger partial charge in [-0.3, -0.25) is 4.68 Å². The molecule has 0 fully saturated rings. The Kier molecular flexibility index (Phi) is 6.67. The van der Waals surface area contributed by atoms with Crippen molar-refractivity contribution in [1.29, 1.82) is 0 Å². The third-order valence-corrected chi connectivity index (χ3v) is 4.40. The van der Waals surface area contributed by atoms with E-state index in [1.54, 1.807) is 0 Å². The van der Waals surface area contributed by atoms with Gasteiger partial charge in [-0.2, -0.15) is 5.10 Å². The summed E-state index contributed by atoms with van der Waals surface area (Å²) >= 11 is 6.19. The van der Waals surface area contributed by atoms with Crippen LogP contribution in [-0.2, 0) is 20.0 Å². The molecule has 5 nitrogen and oxygen atoms in total. The van der Waals surface area contributed by atoms with Crippen LogP contribution in [0.3, 0.4) is 0 Å². The molecule has 1 aromatic heterocycles. The van der Waals surface area contributed by atoms with Crippen molar-refractivity contribution in [3.63, 3.8) is 0 Å². The van der Waals surface area contributed by atoms with Gasteiger partial charge >= 0.3 is 0 Å². The first-order valence-electron chi connectivity index (χ1n) is 8.27. The van der Waals surface area contributed by atoms with Gasteiger partial charge in [0, 0.05) is 30.9 Å². The summed E-state index contributed by atoms with van der Waals surface area (Å²) in [6, 6.07) is 7.79. The quantitative estimate of drug-likeness (QED) is 0.624. The van der Waals surface area contributed by atoms with Gasteiger partial charge in [-0.05, 0) is 44.4 Å². The van der Waals surface area contributed by atoms with Crippen molar-refractivity contribution in [1.82, 2.24) is 20.4 Å². The fraction of sp³-hybridized carbons (Fsp3) is 0.444. The van der Waals surface area contributed by atoms with Gasteiger partial charge in [0.25, 0.3) is 0 Å². The van der Waals surface area contributed by atoms with E-state index in [1.165, 1.54) is 11.3 Å². The van der Waals surface area contributed by atoms with Crippen LogP contribution < -0.4 is 10.6 Å². The third-order valence-electron chi connectivity index (χ3n) is 4.04. The molecular weight excluding hydrogens is 322 g/mol. The molecule has 1 heterocycles. The Labute approximate surface area is 149 Å². The lowest BCUT2D eigenvalue weighted by atomic mass is 10.1. The maximum Gasteiger partial charge on any atom is 0.191 e. The Balaban J connectivity index is 1.96. The van der Waals surface area contributed by atoms with E-state index in [0.717, 1.165) is 41.7 Å². The number of aromatic nitrogens is 2. The van der Waals surface area contributed by atoms with E-state index in [2.05, 4.69) is 41.5 Å². The number of rotatable bonds is 6. The molecule has 0 radical (unpaired) electrons. The normalized spacial score (nSPS) is 11.6. The van der Waals surface area contributed by atoms with Crippen LogP contribution in [0.2, 0.25) is 5.02 Å². The number of guanidine groups is 1. The Hall–Kier alpha value is -2.01. The highest BCUT2D eigenvalue weighted by molar-refractivity contribution is 6.31. The smallest absolute Gasteiger partial charge is 0.191 e. The van der Waals surface area contributed by atoms with E-state index < -0.39 is 0 Å². The Morgan fingerprint density at radius 1 is 1.25 bits per heavy atom. The zero-order valence-electron chi connectivity index (χ0n) is 14.9. The molecule has 0 aliphatic heterocycles. The van der Waals surface area contributed by atoms with Gasteiger partial charge < -0.3 is 10.6 Å². The van der Waals surface area contributed by atoms with E-state index in [9.17, 15) is 0 Å². The minimum atomic E-state index is 0.556. The lowest BCUT2D eigenvalue weighted by Crippen LogP contribution is -2.38. The van der Waals surface area contributed by atoms with E-state index in [-0.39, 0.29) is 0 Å². The van der Waals surface area contributed by atoms with Crippen molar-refractivity contribution in [3.8, 4) is 0 Å². The highest BCUT2D eigenvalue weighted by Crippen LogP contribution is 2.15. The lowest BCUT2D eigenvalue weighted by Gasteiger charge is -2.12. The molecule has 0 saturated heterocycles. The summed E-state index contributed by atoms with van der Waals surface area (Å²) in [5.41, 5.74) is 4.63. The fourth-order valence-electron chi connectivity index (χ4n) is 2.62. The third kappa shape index (κ3) is 4.74. The van der Waals surface area contributed by atoms with Crippen LogP contribution in [0.5, 0.6) is 0 Å². The highest BCUT2D eigenvalue weighted by atomic mass is 35.5. The summed E-state index contributed by atoms with van der Waals surface area (Å²) in [5, 5.41) is 11.9. The number of nitrogens with one attached hydrogen (secondary N) is 2. The van der Waals surface area contributed by atoms with Crippen molar-refractivity contribution >= 4 is 17.6 Å². The summed E-state index contributed by atoms with van der Waals surface area (Å²) < 4.78 is 1.93. The Bertz CT molecular complexity index is 705. The molecule has 0 unspecified atom stereocenters. The molecule has 0 amide bonds. The Morgan fingerprint density at radius 3 is 2.62 bits per heavy atom. The van der Waals surface area contributed by atoms with Gasteiger partial charge in [-0.15, -0.1) is 0 Å². The molecule has 0 spiro atoms. The monoisotopic (exact) mass is 347 g/mol. The SMILES string of the molecule is CCNC(=NCc1ccccc1Cl)NCCc1c(C)nn(C)c1C. The molecule has 0 atom stereocenters. The van der Waals surface area contributed by atoms with Crippen molar-refractivity contribution in [2.45, 2.75) is 33.7 Å². The van der Waals surface area contributed by atoms with Gasteiger partial charge in [-0.25, -0.2) is 4.99 Å². The number of hydrogen-bond donors (Lipinski definition) is 2. The van der Waals surface area contributed by atoms with Crippen molar-refractivity contribution < 1.29 is 0 Å². The summed E-state index contributed by atoms with van der Waals surface area (Å²) in [4.78, 5) is 4.61. The lowest BCUT2D eigenvalue weighted by molar-refractivity contribution is 0.729. The predicted octanol–water partition coefficient (Wildman–Crippen LogP) is 2.99. The zero-order valence-corrected chi connectivity index (χ0v) is 15.6. The molecule has 2 N–H and O–H groups in total. The van der Waals surface area contributed by atoms with Crippen LogP contribution in [0, 0.1) is 13.8 Å². The minimum absolute atomic E-state index is 0.556. The standard InChI is InChI=1S/C18H26ClN5/c1-5-20-18(22-12-15-8-6-7-9-17(15)19)21-11-10-16-13(2)23-24(4)14(16)3/h6-9H,5,10-12H2,1-4H3,(H2,20,21,22). The van der Waals surface area contributed by atoms with Crippen LogP contribution in [0.15, 0.2) is 29.3 Å². The second kappa shape index (κ2) is 8.73. The van der Waals surface area contributed by atoms with Crippen LogP contribution in [0.4, 0.5) is 0 Å². The first-order chi connectivity index (χ1) is 11.5. The molecule has 0 bridgehead atoms. The maximum atomic E-state index is 6.19. The Morgan fingerprint density at radius 2 is 2.00 bits per heavy atom. The number of nitrogens with zero attached hydrogens (tertiary/aromatic N) is 3. The van der Waals surface area contributed by atoms with Crippen LogP contribution in [-0.4, -0.2) is 28.8 Å². The van der Waals surface area contributed by atoms with E-state index in [0.29, 0.717) is 6.54 Å². The summed E-state index contributed by atoms with van der Waals surface area (Å²) in [6.45, 7) is 8.40. The van der Waals surface area contributed by atoms with Gasteiger partial charge in [0.1, 0.15) is 0 Å². The van der Waals surface area contributed by atoms with E-state index in [1.807, 2.05) is 36.0 Å². The molecule has 0 saturated carbocycles. The molecule has 0 aliphatic carbocycles. The molecular formula is C18H26ClN5.